The topological polar surface area (TPSA) is 106 Å². The summed E-state index contributed by atoms with van der Waals surface area (Å²) in [6.07, 6.45) is 6.78. The SMILES string of the molecule is CNC(=O)c1ccc([C@H](C)CNc2cc(-c3cnc(C)nc3)ncn2)c2ncccc12.S. The van der Waals surface area contributed by atoms with Crippen molar-refractivity contribution in [3.05, 3.63) is 72.2 Å². The Morgan fingerprint density at radius 1 is 1.06 bits per heavy atom. The summed E-state index contributed by atoms with van der Waals surface area (Å²) in [5.74, 6) is 1.45. The minimum atomic E-state index is -0.121. The predicted octanol–water partition coefficient (Wildman–Crippen LogP) is 3.48. The Bertz CT molecular complexity index is 1230. The lowest BCUT2D eigenvalue weighted by molar-refractivity contribution is 0.0964. The summed E-state index contributed by atoms with van der Waals surface area (Å²) < 4.78 is 0. The number of aromatic nitrogens is 5. The van der Waals surface area contributed by atoms with Crippen molar-refractivity contribution >= 4 is 36.1 Å². The molecule has 1 atom stereocenters. The minimum absolute atomic E-state index is 0. The molecule has 3 heterocycles. The number of nitrogens with zero attached hydrogens (tertiary/aromatic N) is 5. The van der Waals surface area contributed by atoms with Crippen molar-refractivity contribution in [2.75, 3.05) is 18.9 Å². The largest absolute Gasteiger partial charge is 0.369 e. The van der Waals surface area contributed by atoms with E-state index in [1.54, 1.807) is 25.6 Å². The molecule has 0 aliphatic heterocycles. The minimum Gasteiger partial charge on any atom is -0.369 e. The highest BCUT2D eigenvalue weighted by molar-refractivity contribution is 7.59. The number of hydrogen-bond donors (Lipinski definition) is 2. The lowest BCUT2D eigenvalue weighted by Crippen LogP contribution is -2.19. The van der Waals surface area contributed by atoms with Crippen LogP contribution in [0.1, 0.15) is 34.6 Å². The lowest BCUT2D eigenvalue weighted by atomic mass is 9.95. The normalized spacial score (nSPS) is 11.5. The van der Waals surface area contributed by atoms with Crippen LogP contribution in [0.2, 0.25) is 0 Å². The van der Waals surface area contributed by atoms with E-state index < -0.39 is 0 Å². The zero-order chi connectivity index (χ0) is 21.8. The Labute approximate surface area is 193 Å². The van der Waals surface area contributed by atoms with Crippen molar-refractivity contribution in [1.82, 2.24) is 30.2 Å². The molecule has 0 unspecified atom stereocenters. The highest BCUT2D eigenvalue weighted by Gasteiger charge is 2.16. The molecule has 164 valence electrons. The van der Waals surface area contributed by atoms with Crippen LogP contribution in [0, 0.1) is 6.92 Å². The van der Waals surface area contributed by atoms with Crippen molar-refractivity contribution in [2.24, 2.45) is 0 Å². The quantitative estimate of drug-likeness (QED) is 0.466. The first-order valence-corrected chi connectivity index (χ1v) is 10.0. The van der Waals surface area contributed by atoms with Gasteiger partial charge in [0.2, 0.25) is 0 Å². The number of benzene rings is 1. The molecule has 0 saturated carbocycles. The first-order valence-electron chi connectivity index (χ1n) is 10.0. The summed E-state index contributed by atoms with van der Waals surface area (Å²) in [5.41, 5.74) is 4.11. The summed E-state index contributed by atoms with van der Waals surface area (Å²) >= 11 is 0. The first kappa shape index (κ1) is 23.1. The van der Waals surface area contributed by atoms with Gasteiger partial charge in [-0.3, -0.25) is 9.78 Å². The van der Waals surface area contributed by atoms with E-state index in [1.165, 1.54) is 6.33 Å². The van der Waals surface area contributed by atoms with Crippen LogP contribution in [0.15, 0.2) is 55.2 Å². The average molecular weight is 448 g/mol. The Hall–Kier alpha value is -3.59. The zero-order valence-corrected chi connectivity index (χ0v) is 19.1. The Kier molecular flexibility index (Phi) is 7.32. The van der Waals surface area contributed by atoms with E-state index >= 15 is 0 Å². The van der Waals surface area contributed by atoms with E-state index in [0.29, 0.717) is 17.9 Å². The number of carbonyl (C=O) groups excluding carboxylic acids is 1. The van der Waals surface area contributed by atoms with Crippen LogP contribution >= 0.6 is 13.5 Å². The number of nitrogens with one attached hydrogen (secondary N) is 2. The number of pyridine rings is 1. The third kappa shape index (κ3) is 4.83. The molecule has 0 spiro atoms. The van der Waals surface area contributed by atoms with Gasteiger partial charge in [0.25, 0.3) is 5.91 Å². The maximum atomic E-state index is 12.2. The van der Waals surface area contributed by atoms with Gasteiger partial charge in [0.15, 0.2) is 0 Å². The standard InChI is InChI=1S/C23H23N7O.H2S/c1-14(17-6-7-19(23(31)24-3)18-5-4-8-25-22(17)18)10-28-21-9-20(29-13-30-21)16-11-26-15(2)27-12-16;/h4-9,11-14H,10H2,1-3H3,(H,24,31)(H,28,29,30);1H2/t14-;/m1./s1. The van der Waals surface area contributed by atoms with E-state index in [2.05, 4.69) is 42.5 Å². The summed E-state index contributed by atoms with van der Waals surface area (Å²) in [6.45, 7) is 4.61. The van der Waals surface area contributed by atoms with Gasteiger partial charge in [0.05, 0.1) is 11.2 Å². The predicted molar refractivity (Wildman–Crippen MR) is 130 cm³/mol. The van der Waals surface area contributed by atoms with Crippen molar-refractivity contribution in [1.29, 1.82) is 0 Å². The van der Waals surface area contributed by atoms with Gasteiger partial charge in [-0.25, -0.2) is 19.9 Å². The zero-order valence-electron chi connectivity index (χ0n) is 18.1. The number of anilines is 1. The molecule has 4 rings (SSSR count). The number of aryl methyl sites for hydroxylation is 1. The number of hydrogen-bond acceptors (Lipinski definition) is 7. The van der Waals surface area contributed by atoms with Crippen LogP contribution in [0.5, 0.6) is 0 Å². The number of carbonyl (C=O) groups is 1. The summed E-state index contributed by atoms with van der Waals surface area (Å²) in [5, 5.41) is 6.91. The molecule has 9 heteroatoms. The molecule has 0 radical (unpaired) electrons. The summed E-state index contributed by atoms with van der Waals surface area (Å²) in [4.78, 5) is 33.9. The van der Waals surface area contributed by atoms with Crippen LogP contribution in [-0.2, 0) is 0 Å². The Balaban J connectivity index is 0.00000289. The van der Waals surface area contributed by atoms with Gasteiger partial charge in [0.1, 0.15) is 18.0 Å². The Morgan fingerprint density at radius 2 is 1.84 bits per heavy atom. The molecule has 2 N–H and O–H groups in total. The van der Waals surface area contributed by atoms with Crippen LogP contribution in [0.25, 0.3) is 22.2 Å². The maximum Gasteiger partial charge on any atom is 0.251 e. The smallest absolute Gasteiger partial charge is 0.251 e. The second-order valence-electron chi connectivity index (χ2n) is 7.27. The molecule has 0 fully saturated rings. The van der Waals surface area contributed by atoms with Gasteiger partial charge in [-0.1, -0.05) is 19.1 Å². The van der Waals surface area contributed by atoms with Crippen LogP contribution in [-0.4, -0.2) is 44.4 Å². The summed E-state index contributed by atoms with van der Waals surface area (Å²) in [6, 6.07) is 9.48. The van der Waals surface area contributed by atoms with Crippen molar-refractivity contribution in [2.45, 2.75) is 19.8 Å². The monoisotopic (exact) mass is 447 g/mol. The van der Waals surface area contributed by atoms with Gasteiger partial charge in [-0.05, 0) is 24.6 Å². The number of amides is 1. The molecule has 0 bridgehead atoms. The molecule has 4 aromatic rings. The number of rotatable bonds is 6. The molecular formula is C23H25N7OS. The second kappa shape index (κ2) is 10.1. The Morgan fingerprint density at radius 3 is 2.59 bits per heavy atom. The molecular weight excluding hydrogens is 422 g/mol. The molecule has 1 amide bonds. The van der Waals surface area contributed by atoms with Crippen molar-refractivity contribution < 1.29 is 4.79 Å². The van der Waals surface area contributed by atoms with E-state index in [4.69, 9.17) is 0 Å². The first-order chi connectivity index (χ1) is 15.1. The van der Waals surface area contributed by atoms with Gasteiger partial charge in [-0.15, -0.1) is 0 Å². The van der Waals surface area contributed by atoms with Crippen molar-refractivity contribution in [3.8, 4) is 11.3 Å². The van der Waals surface area contributed by atoms with Crippen molar-refractivity contribution in [3.63, 3.8) is 0 Å². The highest BCUT2D eigenvalue weighted by Crippen LogP contribution is 2.27. The molecule has 1 aromatic carbocycles. The van der Waals surface area contributed by atoms with Gasteiger partial charge >= 0.3 is 0 Å². The highest BCUT2D eigenvalue weighted by atomic mass is 32.1. The van der Waals surface area contributed by atoms with Gasteiger partial charge < -0.3 is 10.6 Å². The maximum absolute atomic E-state index is 12.2. The average Bonchev–Trinajstić information content (AvgIpc) is 2.82. The molecule has 3 aromatic heterocycles. The van der Waals surface area contributed by atoms with Crippen LogP contribution in [0.3, 0.4) is 0 Å². The van der Waals surface area contributed by atoms with Gasteiger partial charge in [0, 0.05) is 60.7 Å². The third-order valence-electron chi connectivity index (χ3n) is 5.14. The fraction of sp³-hybridized carbons (Fsp3) is 0.217. The molecule has 0 saturated heterocycles. The van der Waals surface area contributed by atoms with E-state index in [-0.39, 0.29) is 25.3 Å². The van der Waals surface area contributed by atoms with Gasteiger partial charge in [-0.2, -0.15) is 13.5 Å². The third-order valence-corrected chi connectivity index (χ3v) is 5.14. The molecule has 0 aliphatic rings. The van der Waals surface area contributed by atoms with E-state index in [9.17, 15) is 4.79 Å². The molecule has 32 heavy (non-hydrogen) atoms. The second-order valence-corrected chi connectivity index (χ2v) is 7.27. The number of fused-ring (bicyclic) bond motifs is 1. The van der Waals surface area contributed by atoms with Crippen LogP contribution < -0.4 is 10.6 Å². The summed E-state index contributed by atoms with van der Waals surface area (Å²) in [7, 11) is 1.63. The van der Waals surface area contributed by atoms with E-state index in [1.807, 2.05) is 37.3 Å². The molecule has 0 aliphatic carbocycles. The van der Waals surface area contributed by atoms with Crippen LogP contribution in [0.4, 0.5) is 5.82 Å². The lowest BCUT2D eigenvalue weighted by Gasteiger charge is -2.17. The fourth-order valence-electron chi connectivity index (χ4n) is 3.43. The fourth-order valence-corrected chi connectivity index (χ4v) is 3.43. The van der Waals surface area contributed by atoms with E-state index in [0.717, 1.165) is 33.5 Å². The molecule has 8 nitrogen and oxygen atoms in total.